The van der Waals surface area contributed by atoms with Crippen molar-refractivity contribution in [3.05, 3.63) is 0 Å². The highest BCUT2D eigenvalue weighted by atomic mass is 16.5. The summed E-state index contributed by atoms with van der Waals surface area (Å²) in [6, 6.07) is 2.17. The van der Waals surface area contributed by atoms with Crippen LogP contribution in [0, 0.1) is 16.7 Å². The zero-order valence-corrected chi connectivity index (χ0v) is 8.46. The van der Waals surface area contributed by atoms with E-state index >= 15 is 0 Å². The molecule has 0 aromatic heterocycles. The quantitative estimate of drug-likeness (QED) is 0.715. The molecule has 0 unspecified atom stereocenters. The first-order valence-corrected chi connectivity index (χ1v) is 4.84. The van der Waals surface area contributed by atoms with Crippen LogP contribution in [0.15, 0.2) is 0 Å². The Bertz CT molecular complexity index is 317. The number of hydrogen-bond donors (Lipinski definition) is 1. The van der Waals surface area contributed by atoms with Gasteiger partial charge in [-0.2, -0.15) is 5.26 Å². The predicted octanol–water partition coefficient (Wildman–Crippen LogP) is 0.584. The van der Waals surface area contributed by atoms with Crippen molar-refractivity contribution in [1.82, 2.24) is 5.32 Å². The van der Waals surface area contributed by atoms with Crippen LogP contribution in [0.4, 0.5) is 0 Å². The van der Waals surface area contributed by atoms with Gasteiger partial charge in [-0.05, 0) is 19.8 Å². The number of ether oxygens (including phenoxy) is 1. The lowest BCUT2D eigenvalue weighted by Crippen LogP contribution is -2.36. The van der Waals surface area contributed by atoms with E-state index in [1.807, 2.05) is 6.92 Å². The first-order valence-electron chi connectivity index (χ1n) is 4.84. The number of hydrogen-bond acceptors (Lipinski definition) is 3. The molecule has 0 bridgehead atoms. The Morgan fingerprint density at radius 2 is 2.29 bits per heavy atom. The SMILES string of the molecule is CO[C@@]1(C)C[C@H]1NC(=O)C1(C#N)CC1. The Labute approximate surface area is 83.2 Å². The summed E-state index contributed by atoms with van der Waals surface area (Å²) in [4.78, 5) is 11.6. The van der Waals surface area contributed by atoms with E-state index in [4.69, 9.17) is 10.00 Å². The third-order valence-electron chi connectivity index (χ3n) is 3.36. The summed E-state index contributed by atoms with van der Waals surface area (Å²) in [5.74, 6) is -0.120. The molecule has 2 rings (SSSR count). The normalized spacial score (nSPS) is 37.1. The average Bonchev–Trinajstić information content (AvgIpc) is 3.04. The van der Waals surface area contributed by atoms with Crippen LogP contribution in [-0.4, -0.2) is 24.7 Å². The lowest BCUT2D eigenvalue weighted by molar-refractivity contribution is -0.125. The summed E-state index contributed by atoms with van der Waals surface area (Å²) in [6.45, 7) is 1.96. The maximum absolute atomic E-state index is 11.6. The molecule has 1 N–H and O–H groups in total. The van der Waals surface area contributed by atoms with E-state index in [0.29, 0.717) is 12.8 Å². The molecule has 0 aromatic rings. The van der Waals surface area contributed by atoms with Crippen LogP contribution < -0.4 is 5.32 Å². The first-order chi connectivity index (χ1) is 6.56. The van der Waals surface area contributed by atoms with Crippen LogP contribution in [-0.2, 0) is 9.53 Å². The van der Waals surface area contributed by atoms with Gasteiger partial charge in [-0.1, -0.05) is 0 Å². The second kappa shape index (κ2) is 2.71. The van der Waals surface area contributed by atoms with Gasteiger partial charge in [0.1, 0.15) is 5.41 Å². The fraction of sp³-hybridized carbons (Fsp3) is 0.800. The zero-order valence-electron chi connectivity index (χ0n) is 8.46. The fourth-order valence-corrected chi connectivity index (χ4v) is 1.59. The molecule has 4 nitrogen and oxygen atoms in total. The fourth-order valence-electron chi connectivity index (χ4n) is 1.59. The molecule has 0 radical (unpaired) electrons. The predicted molar refractivity (Wildman–Crippen MR) is 49.2 cm³/mol. The maximum Gasteiger partial charge on any atom is 0.240 e. The van der Waals surface area contributed by atoms with E-state index in [9.17, 15) is 4.79 Å². The highest BCUT2D eigenvalue weighted by Crippen LogP contribution is 2.47. The van der Waals surface area contributed by atoms with Crippen molar-refractivity contribution in [3.63, 3.8) is 0 Å². The Hall–Kier alpha value is -1.08. The summed E-state index contributed by atoms with van der Waals surface area (Å²) < 4.78 is 5.23. The second-order valence-electron chi connectivity index (χ2n) is 4.44. The number of rotatable bonds is 3. The van der Waals surface area contributed by atoms with Gasteiger partial charge in [-0.15, -0.1) is 0 Å². The van der Waals surface area contributed by atoms with Crippen molar-refractivity contribution in [3.8, 4) is 6.07 Å². The molecule has 0 aliphatic heterocycles. The third-order valence-corrected chi connectivity index (χ3v) is 3.36. The van der Waals surface area contributed by atoms with E-state index in [2.05, 4.69) is 11.4 Å². The number of nitrogens with one attached hydrogen (secondary N) is 1. The van der Waals surface area contributed by atoms with Crippen molar-refractivity contribution in [2.75, 3.05) is 7.11 Å². The molecule has 2 saturated carbocycles. The van der Waals surface area contributed by atoms with E-state index in [1.54, 1.807) is 7.11 Å². The van der Waals surface area contributed by atoms with Gasteiger partial charge in [0.15, 0.2) is 0 Å². The van der Waals surface area contributed by atoms with Crippen LogP contribution in [0.25, 0.3) is 0 Å². The van der Waals surface area contributed by atoms with Crippen molar-refractivity contribution in [1.29, 1.82) is 5.26 Å². The highest BCUT2D eigenvalue weighted by Gasteiger charge is 2.57. The van der Waals surface area contributed by atoms with Gasteiger partial charge in [0.25, 0.3) is 0 Å². The maximum atomic E-state index is 11.6. The van der Waals surface area contributed by atoms with Crippen molar-refractivity contribution in [2.45, 2.75) is 37.8 Å². The Balaban J connectivity index is 1.89. The molecule has 0 spiro atoms. The topological polar surface area (TPSA) is 62.1 Å². The summed E-state index contributed by atoms with van der Waals surface area (Å²) >= 11 is 0. The van der Waals surface area contributed by atoms with Gasteiger partial charge in [-0.25, -0.2) is 0 Å². The minimum atomic E-state index is -0.711. The number of amides is 1. The van der Waals surface area contributed by atoms with Gasteiger partial charge in [0.2, 0.25) is 5.91 Å². The Morgan fingerprint density at radius 3 is 2.64 bits per heavy atom. The minimum absolute atomic E-state index is 0.0887. The lowest BCUT2D eigenvalue weighted by Gasteiger charge is -2.11. The van der Waals surface area contributed by atoms with Gasteiger partial charge < -0.3 is 10.1 Å². The van der Waals surface area contributed by atoms with E-state index < -0.39 is 5.41 Å². The highest BCUT2D eigenvalue weighted by molar-refractivity contribution is 5.88. The van der Waals surface area contributed by atoms with E-state index in [-0.39, 0.29) is 17.6 Å². The number of nitriles is 1. The molecule has 0 saturated heterocycles. The summed E-state index contributed by atoms with van der Waals surface area (Å²) in [6.07, 6.45) is 2.24. The van der Waals surface area contributed by atoms with Gasteiger partial charge in [0.05, 0.1) is 17.7 Å². The smallest absolute Gasteiger partial charge is 0.240 e. The number of methoxy groups -OCH3 is 1. The third kappa shape index (κ3) is 1.28. The molecule has 76 valence electrons. The molecule has 1 amide bonds. The summed E-state index contributed by atoms with van der Waals surface area (Å²) in [7, 11) is 1.64. The standard InChI is InChI=1S/C10H14N2O2/c1-9(14-2)5-7(9)12-8(13)10(6-11)3-4-10/h7H,3-5H2,1-2H3,(H,12,13)/t7-,9+/m1/s1. The largest absolute Gasteiger partial charge is 0.376 e. The number of nitrogens with zero attached hydrogens (tertiary/aromatic N) is 1. The molecule has 0 aromatic carbocycles. The summed E-state index contributed by atoms with van der Waals surface area (Å²) in [5, 5.41) is 11.7. The molecule has 14 heavy (non-hydrogen) atoms. The van der Waals surface area contributed by atoms with Crippen molar-refractivity contribution < 1.29 is 9.53 Å². The van der Waals surface area contributed by atoms with Crippen LogP contribution in [0.2, 0.25) is 0 Å². The van der Waals surface area contributed by atoms with Crippen LogP contribution in [0.5, 0.6) is 0 Å². The van der Waals surface area contributed by atoms with Crippen molar-refractivity contribution in [2.24, 2.45) is 5.41 Å². The molecule has 2 aliphatic rings. The molecular formula is C10H14N2O2. The average molecular weight is 194 g/mol. The summed E-state index contributed by atoms with van der Waals surface area (Å²) in [5.41, 5.74) is -0.918. The van der Waals surface area contributed by atoms with Crippen molar-refractivity contribution >= 4 is 5.91 Å². The number of carbonyl (C=O) groups is 1. The second-order valence-corrected chi connectivity index (χ2v) is 4.44. The van der Waals surface area contributed by atoms with Gasteiger partial charge in [-0.3, -0.25) is 4.79 Å². The molecule has 4 heteroatoms. The van der Waals surface area contributed by atoms with Gasteiger partial charge >= 0.3 is 0 Å². The lowest BCUT2D eigenvalue weighted by atomic mass is 10.1. The molecule has 2 fully saturated rings. The van der Waals surface area contributed by atoms with Gasteiger partial charge in [0, 0.05) is 13.5 Å². The molecule has 0 heterocycles. The van der Waals surface area contributed by atoms with Crippen LogP contribution >= 0.6 is 0 Å². The molecule has 2 atom stereocenters. The molecule has 2 aliphatic carbocycles. The Morgan fingerprint density at radius 1 is 1.64 bits per heavy atom. The van der Waals surface area contributed by atoms with Crippen LogP contribution in [0.1, 0.15) is 26.2 Å². The van der Waals surface area contributed by atoms with Crippen LogP contribution in [0.3, 0.4) is 0 Å². The Kier molecular flexibility index (Phi) is 1.83. The zero-order chi connectivity index (χ0) is 10.4. The number of carbonyl (C=O) groups excluding carboxylic acids is 1. The first kappa shape index (κ1) is 9.47. The monoisotopic (exact) mass is 194 g/mol. The minimum Gasteiger partial charge on any atom is -0.376 e. The van der Waals surface area contributed by atoms with E-state index in [0.717, 1.165) is 6.42 Å². The van der Waals surface area contributed by atoms with E-state index in [1.165, 1.54) is 0 Å². The molecular weight excluding hydrogens is 180 g/mol.